The van der Waals surface area contributed by atoms with Crippen molar-refractivity contribution >= 4 is 13.7 Å². The molecule has 0 rings (SSSR count). The van der Waals surface area contributed by atoms with Gasteiger partial charge in [-0.25, -0.2) is 0 Å². The van der Waals surface area contributed by atoms with Crippen molar-refractivity contribution in [1.82, 2.24) is 5.32 Å². The summed E-state index contributed by atoms with van der Waals surface area (Å²) in [5, 5.41) is 13.8. The Hall–Kier alpha value is -0.760. The van der Waals surface area contributed by atoms with Crippen molar-refractivity contribution in [2.45, 2.75) is 296 Å². The van der Waals surface area contributed by atoms with Crippen molar-refractivity contribution in [1.29, 1.82) is 0 Å². The van der Waals surface area contributed by atoms with E-state index in [1.807, 2.05) is 27.2 Å². The molecule has 2 N–H and O–H groups in total. The molecular formula is C55H111N2O6P. The molecule has 0 saturated heterocycles. The molecule has 382 valence electrons. The number of phosphoric ester groups is 1. The number of nitrogens with zero attached hydrogens (tertiary/aromatic N) is 1. The van der Waals surface area contributed by atoms with Gasteiger partial charge < -0.3 is 28.8 Å². The van der Waals surface area contributed by atoms with Gasteiger partial charge in [0, 0.05) is 6.42 Å². The van der Waals surface area contributed by atoms with Gasteiger partial charge in [-0.3, -0.25) is 9.36 Å². The lowest BCUT2D eigenvalue weighted by Gasteiger charge is -2.29. The molecule has 3 atom stereocenters. The van der Waals surface area contributed by atoms with E-state index in [1.165, 1.54) is 225 Å². The van der Waals surface area contributed by atoms with Crippen LogP contribution >= 0.6 is 7.82 Å². The van der Waals surface area contributed by atoms with Crippen LogP contribution < -0.4 is 10.2 Å². The van der Waals surface area contributed by atoms with Gasteiger partial charge in [0.1, 0.15) is 13.2 Å². The molecule has 1 amide bonds. The number of carbonyl (C=O) groups is 1. The Kier molecular flexibility index (Phi) is 46.8. The van der Waals surface area contributed by atoms with Gasteiger partial charge in [0.2, 0.25) is 5.91 Å². The highest BCUT2D eigenvalue weighted by Crippen LogP contribution is 2.38. The number of likely N-dealkylation sites (N-methyl/N-ethyl adjacent to an activating group) is 1. The third-order valence-corrected chi connectivity index (χ3v) is 14.0. The topological polar surface area (TPSA) is 108 Å². The van der Waals surface area contributed by atoms with E-state index in [2.05, 4.69) is 19.2 Å². The second-order valence-corrected chi connectivity index (χ2v) is 22.1. The van der Waals surface area contributed by atoms with Gasteiger partial charge in [-0.15, -0.1) is 0 Å². The van der Waals surface area contributed by atoms with Gasteiger partial charge in [0.15, 0.2) is 0 Å². The van der Waals surface area contributed by atoms with Crippen molar-refractivity contribution in [2.75, 3.05) is 40.9 Å². The minimum absolute atomic E-state index is 0.00237. The number of quaternary nitrogens is 1. The number of rotatable bonds is 52. The number of hydrogen-bond donors (Lipinski definition) is 2. The van der Waals surface area contributed by atoms with Crippen LogP contribution in [-0.4, -0.2) is 68.5 Å². The maximum atomic E-state index is 12.9. The predicted octanol–water partition coefficient (Wildman–Crippen LogP) is 16.0. The summed E-state index contributed by atoms with van der Waals surface area (Å²) in [6, 6.07) is -0.881. The van der Waals surface area contributed by atoms with Crippen LogP contribution in [0.25, 0.3) is 0 Å². The number of allylic oxidation sites excluding steroid dienone is 1. The molecule has 0 bridgehead atoms. The highest BCUT2D eigenvalue weighted by molar-refractivity contribution is 7.45. The van der Waals surface area contributed by atoms with Gasteiger partial charge in [0.25, 0.3) is 7.82 Å². The zero-order valence-electron chi connectivity index (χ0n) is 43.5. The van der Waals surface area contributed by atoms with E-state index in [-0.39, 0.29) is 19.1 Å². The first-order valence-corrected chi connectivity index (χ1v) is 29.5. The maximum Gasteiger partial charge on any atom is 0.268 e. The molecule has 0 fully saturated rings. The molecule has 0 aliphatic heterocycles. The zero-order valence-corrected chi connectivity index (χ0v) is 44.4. The summed E-state index contributed by atoms with van der Waals surface area (Å²) in [6.07, 6.45) is 57.2. The number of phosphoric acid groups is 1. The van der Waals surface area contributed by atoms with E-state index < -0.39 is 20.0 Å². The van der Waals surface area contributed by atoms with E-state index >= 15 is 0 Å². The molecule has 8 nitrogen and oxygen atoms in total. The van der Waals surface area contributed by atoms with Crippen molar-refractivity contribution < 1.29 is 32.9 Å². The first kappa shape index (κ1) is 63.2. The monoisotopic (exact) mass is 927 g/mol. The van der Waals surface area contributed by atoms with Crippen LogP contribution in [0.15, 0.2) is 12.2 Å². The molecule has 0 aliphatic rings. The molecule has 0 saturated carbocycles. The maximum absolute atomic E-state index is 12.9. The number of nitrogens with one attached hydrogen (secondary N) is 1. The summed E-state index contributed by atoms with van der Waals surface area (Å²) in [5.74, 6) is -0.192. The van der Waals surface area contributed by atoms with E-state index in [4.69, 9.17) is 9.05 Å². The molecule has 1 unspecified atom stereocenters. The Morgan fingerprint density at radius 3 is 1.17 bits per heavy atom. The molecule has 0 aliphatic carbocycles. The first-order chi connectivity index (χ1) is 31.0. The van der Waals surface area contributed by atoms with Gasteiger partial charge in [-0.2, -0.15) is 0 Å². The molecule has 64 heavy (non-hydrogen) atoms. The Morgan fingerprint density at radius 2 is 0.844 bits per heavy atom. The summed E-state index contributed by atoms with van der Waals surface area (Å²) in [7, 11) is 1.28. The summed E-state index contributed by atoms with van der Waals surface area (Å²) >= 11 is 0. The predicted molar refractivity (Wildman–Crippen MR) is 275 cm³/mol. The van der Waals surface area contributed by atoms with Gasteiger partial charge in [-0.05, 0) is 19.3 Å². The SMILES string of the molecule is CCCCCCCCCCCCC/C=C/[C@@H](O)[C@H](COP(=O)([O-])OCC[N+](C)(C)C)NC(=O)CCCCCCCCCCCCCCCCCCCCCCCCCCCCCCC. The number of unbranched alkanes of at least 4 members (excludes halogenated alkanes) is 39. The van der Waals surface area contributed by atoms with Crippen LogP contribution in [0.5, 0.6) is 0 Å². The second kappa shape index (κ2) is 47.3. The largest absolute Gasteiger partial charge is 0.756 e. The Labute approximate surface area is 399 Å². The highest BCUT2D eigenvalue weighted by Gasteiger charge is 2.23. The fourth-order valence-corrected chi connectivity index (χ4v) is 9.29. The number of aliphatic hydroxyl groups is 1. The van der Waals surface area contributed by atoms with Crippen molar-refractivity contribution in [2.24, 2.45) is 0 Å². The molecule has 9 heteroatoms. The lowest BCUT2D eigenvalue weighted by atomic mass is 10.0. The summed E-state index contributed by atoms with van der Waals surface area (Å²) < 4.78 is 23.3. The van der Waals surface area contributed by atoms with E-state index in [0.717, 1.165) is 38.5 Å². The van der Waals surface area contributed by atoms with E-state index in [0.29, 0.717) is 17.4 Å². The fourth-order valence-electron chi connectivity index (χ4n) is 8.57. The first-order valence-electron chi connectivity index (χ1n) is 28.1. The van der Waals surface area contributed by atoms with Crippen LogP contribution in [0.1, 0.15) is 284 Å². The Balaban J connectivity index is 4.03. The zero-order chi connectivity index (χ0) is 47.1. The van der Waals surface area contributed by atoms with Crippen molar-refractivity contribution in [3.8, 4) is 0 Å². The second-order valence-electron chi connectivity index (χ2n) is 20.7. The Bertz CT molecular complexity index is 1050. The van der Waals surface area contributed by atoms with Crippen molar-refractivity contribution in [3.05, 3.63) is 12.2 Å². The minimum atomic E-state index is -4.59. The minimum Gasteiger partial charge on any atom is -0.756 e. The third-order valence-electron chi connectivity index (χ3n) is 13.0. The summed E-state index contributed by atoms with van der Waals surface area (Å²) in [6.45, 7) is 4.68. The lowest BCUT2D eigenvalue weighted by Crippen LogP contribution is -2.45. The standard InChI is InChI=1S/C55H111N2O6P/c1-6-8-10-12-14-16-18-20-21-22-23-24-25-26-27-28-29-30-31-32-33-34-35-37-39-41-43-45-47-49-55(59)56-53(52-63-64(60,61)62-51-50-57(3,4)5)54(58)48-46-44-42-40-38-36-19-17-15-13-11-9-7-2/h46,48,53-54,58H,6-45,47,49-52H2,1-5H3,(H-,56,59,60,61)/b48-46+/t53-,54+/m0/s1. The number of carbonyl (C=O) groups excluding carboxylic acids is 1. The third kappa shape index (κ3) is 49.2. The lowest BCUT2D eigenvalue weighted by molar-refractivity contribution is -0.870. The van der Waals surface area contributed by atoms with Gasteiger partial charge >= 0.3 is 0 Å². The molecular weight excluding hydrogens is 816 g/mol. The smallest absolute Gasteiger partial charge is 0.268 e. The average molecular weight is 927 g/mol. The molecule has 0 aromatic rings. The van der Waals surface area contributed by atoms with Gasteiger partial charge in [0.05, 0.1) is 39.9 Å². The van der Waals surface area contributed by atoms with E-state index in [1.54, 1.807) is 6.08 Å². The van der Waals surface area contributed by atoms with Crippen molar-refractivity contribution in [3.63, 3.8) is 0 Å². The van der Waals surface area contributed by atoms with Crippen LogP contribution in [0.4, 0.5) is 0 Å². The molecule has 0 spiro atoms. The normalized spacial score (nSPS) is 14.0. The molecule has 0 aromatic heterocycles. The fraction of sp³-hybridized carbons (Fsp3) is 0.945. The molecule has 0 radical (unpaired) electrons. The van der Waals surface area contributed by atoms with Crippen LogP contribution in [0.2, 0.25) is 0 Å². The average Bonchev–Trinajstić information content (AvgIpc) is 3.25. The number of hydrogen-bond acceptors (Lipinski definition) is 6. The van der Waals surface area contributed by atoms with Crippen LogP contribution in [-0.2, 0) is 18.4 Å². The summed E-state index contributed by atoms with van der Waals surface area (Å²) in [5.41, 5.74) is 0. The van der Waals surface area contributed by atoms with Gasteiger partial charge in [-0.1, -0.05) is 270 Å². The highest BCUT2D eigenvalue weighted by atomic mass is 31.2. The quantitative estimate of drug-likeness (QED) is 0.0272. The number of aliphatic hydroxyl groups excluding tert-OH is 1. The number of amides is 1. The molecule has 0 aromatic carbocycles. The van der Waals surface area contributed by atoms with Crippen LogP contribution in [0.3, 0.4) is 0 Å². The van der Waals surface area contributed by atoms with Crippen LogP contribution in [0, 0.1) is 0 Å². The Morgan fingerprint density at radius 1 is 0.531 bits per heavy atom. The molecule has 0 heterocycles. The van der Waals surface area contributed by atoms with E-state index in [9.17, 15) is 19.4 Å². The summed E-state index contributed by atoms with van der Waals surface area (Å²) in [4.78, 5) is 25.4.